The summed E-state index contributed by atoms with van der Waals surface area (Å²) in [4.78, 5) is 0. The zero-order valence-electron chi connectivity index (χ0n) is 11.3. The Morgan fingerprint density at radius 2 is 0.938 bits per heavy atom. The Morgan fingerprint density at radius 1 is 0.625 bits per heavy atom. The van der Waals surface area contributed by atoms with Crippen molar-refractivity contribution in [3.63, 3.8) is 0 Å². The second-order valence-corrected chi connectivity index (χ2v) is 4.26. The zero-order chi connectivity index (χ0) is 12.5. The molecule has 0 aromatic heterocycles. The summed E-state index contributed by atoms with van der Waals surface area (Å²) in [5, 5.41) is 8.59. The topological polar surface area (TPSA) is 20.2 Å². The van der Waals surface area contributed by atoms with E-state index in [1.54, 1.807) is 0 Å². The molecule has 0 aliphatic carbocycles. The minimum absolute atomic E-state index is 0.372. The Bertz CT molecular complexity index is 89.6. The third-order valence-corrected chi connectivity index (χ3v) is 2.76. The van der Waals surface area contributed by atoms with Gasteiger partial charge in [0.05, 0.1) is 0 Å². The van der Waals surface area contributed by atoms with Gasteiger partial charge in [0.15, 0.2) is 0 Å². The number of hydrogen-bond acceptors (Lipinski definition) is 1. The third kappa shape index (κ3) is 19.3. The van der Waals surface area contributed by atoms with Crippen LogP contribution in [-0.2, 0) is 0 Å². The number of unbranched alkanes of at least 4 members (excludes halogenated alkanes) is 10. The molecule has 0 bridgehead atoms. The summed E-state index contributed by atoms with van der Waals surface area (Å²) >= 11 is 0. The highest BCUT2D eigenvalue weighted by atomic mass is 16.2. The van der Waals surface area contributed by atoms with Crippen LogP contribution in [0.3, 0.4) is 0 Å². The highest BCUT2D eigenvalue weighted by Gasteiger charge is 1.91. The predicted molar refractivity (Wildman–Crippen MR) is 74.8 cm³/mol. The standard InChI is InChI=1S/C13H28O.C2H4/c1-2-3-4-5-6-7-8-9-10-11-12-13-14;1-2/h14H,2-13H2,1H3;1-2H2. The summed E-state index contributed by atoms with van der Waals surface area (Å²) in [6, 6.07) is 0. The summed E-state index contributed by atoms with van der Waals surface area (Å²) in [5.41, 5.74) is 0. The molecule has 0 aromatic carbocycles. The van der Waals surface area contributed by atoms with Crippen LogP contribution in [0.25, 0.3) is 0 Å². The molecule has 0 spiro atoms. The Labute approximate surface area is 103 Å². The summed E-state index contributed by atoms with van der Waals surface area (Å²) in [5.74, 6) is 0. The predicted octanol–water partition coefficient (Wildman–Crippen LogP) is 5.09. The minimum atomic E-state index is 0.372. The second-order valence-electron chi connectivity index (χ2n) is 4.26. The Morgan fingerprint density at radius 3 is 1.25 bits per heavy atom. The SMILES string of the molecule is C=C.CCCCCCCCCCCCCO. The number of rotatable bonds is 11. The summed E-state index contributed by atoms with van der Waals surface area (Å²) in [6.07, 6.45) is 14.8. The molecule has 0 radical (unpaired) electrons. The quantitative estimate of drug-likeness (QED) is 0.386. The van der Waals surface area contributed by atoms with Gasteiger partial charge in [-0.05, 0) is 6.42 Å². The van der Waals surface area contributed by atoms with Crippen molar-refractivity contribution in [1.29, 1.82) is 0 Å². The Balaban J connectivity index is 0. The van der Waals surface area contributed by atoms with Crippen molar-refractivity contribution in [3.8, 4) is 0 Å². The van der Waals surface area contributed by atoms with Gasteiger partial charge >= 0.3 is 0 Å². The van der Waals surface area contributed by atoms with E-state index in [-0.39, 0.29) is 0 Å². The molecule has 0 heterocycles. The molecule has 0 rings (SSSR count). The molecule has 0 saturated carbocycles. The number of hydrogen-bond donors (Lipinski definition) is 1. The largest absolute Gasteiger partial charge is 0.396 e. The fourth-order valence-electron chi connectivity index (χ4n) is 1.78. The maximum atomic E-state index is 8.59. The van der Waals surface area contributed by atoms with E-state index in [4.69, 9.17) is 5.11 Å². The van der Waals surface area contributed by atoms with Gasteiger partial charge in [0.2, 0.25) is 0 Å². The molecule has 0 saturated heterocycles. The van der Waals surface area contributed by atoms with E-state index in [0.717, 1.165) is 6.42 Å². The van der Waals surface area contributed by atoms with Crippen molar-refractivity contribution in [2.75, 3.05) is 6.61 Å². The normalized spacial score (nSPS) is 9.62. The molecule has 0 amide bonds. The second kappa shape index (κ2) is 20.2. The van der Waals surface area contributed by atoms with Crippen LogP contribution in [0, 0.1) is 0 Å². The van der Waals surface area contributed by atoms with E-state index >= 15 is 0 Å². The van der Waals surface area contributed by atoms with Crippen LogP contribution in [-0.4, -0.2) is 11.7 Å². The smallest absolute Gasteiger partial charge is 0.0431 e. The third-order valence-electron chi connectivity index (χ3n) is 2.76. The van der Waals surface area contributed by atoms with Crippen molar-refractivity contribution in [2.45, 2.75) is 77.6 Å². The van der Waals surface area contributed by atoms with E-state index in [9.17, 15) is 0 Å². The van der Waals surface area contributed by atoms with Crippen LogP contribution < -0.4 is 0 Å². The lowest BCUT2D eigenvalue weighted by Crippen LogP contribution is -1.84. The molecule has 16 heavy (non-hydrogen) atoms. The van der Waals surface area contributed by atoms with Crippen LogP contribution >= 0.6 is 0 Å². The van der Waals surface area contributed by atoms with Gasteiger partial charge in [-0.1, -0.05) is 71.1 Å². The molecule has 1 heteroatoms. The summed E-state index contributed by atoms with van der Waals surface area (Å²) < 4.78 is 0. The number of aliphatic hydroxyl groups excluding tert-OH is 1. The molecular formula is C15H32O. The van der Waals surface area contributed by atoms with E-state index in [0.29, 0.717) is 6.61 Å². The molecule has 0 aliphatic heterocycles. The highest BCUT2D eigenvalue weighted by Crippen LogP contribution is 2.10. The molecule has 1 N–H and O–H groups in total. The molecule has 1 nitrogen and oxygen atoms in total. The van der Waals surface area contributed by atoms with Crippen molar-refractivity contribution in [3.05, 3.63) is 13.2 Å². The van der Waals surface area contributed by atoms with Crippen molar-refractivity contribution in [2.24, 2.45) is 0 Å². The lowest BCUT2D eigenvalue weighted by Gasteiger charge is -2.01. The first kappa shape index (κ1) is 18.1. The van der Waals surface area contributed by atoms with Gasteiger partial charge in [-0.3, -0.25) is 0 Å². The average molecular weight is 228 g/mol. The number of aliphatic hydroxyl groups is 1. The maximum Gasteiger partial charge on any atom is 0.0431 e. The van der Waals surface area contributed by atoms with E-state index in [2.05, 4.69) is 20.1 Å². The van der Waals surface area contributed by atoms with E-state index < -0.39 is 0 Å². The first-order chi connectivity index (χ1) is 7.91. The lowest BCUT2D eigenvalue weighted by molar-refractivity contribution is 0.282. The zero-order valence-corrected chi connectivity index (χ0v) is 11.3. The first-order valence-electron chi connectivity index (χ1n) is 7.02. The molecule has 0 aliphatic rings. The van der Waals surface area contributed by atoms with Crippen LogP contribution in [0.15, 0.2) is 13.2 Å². The van der Waals surface area contributed by atoms with Gasteiger partial charge in [0, 0.05) is 6.61 Å². The van der Waals surface area contributed by atoms with Crippen LogP contribution in [0.5, 0.6) is 0 Å². The van der Waals surface area contributed by atoms with E-state index in [1.165, 1.54) is 64.2 Å². The van der Waals surface area contributed by atoms with Crippen LogP contribution in [0.2, 0.25) is 0 Å². The van der Waals surface area contributed by atoms with Crippen molar-refractivity contribution in [1.82, 2.24) is 0 Å². The minimum Gasteiger partial charge on any atom is -0.396 e. The van der Waals surface area contributed by atoms with Crippen molar-refractivity contribution < 1.29 is 5.11 Å². The highest BCUT2D eigenvalue weighted by molar-refractivity contribution is 4.47. The van der Waals surface area contributed by atoms with Gasteiger partial charge in [0.25, 0.3) is 0 Å². The van der Waals surface area contributed by atoms with Gasteiger partial charge in [-0.15, -0.1) is 13.2 Å². The molecule has 98 valence electrons. The first-order valence-corrected chi connectivity index (χ1v) is 7.02. The van der Waals surface area contributed by atoms with E-state index in [1.807, 2.05) is 0 Å². The Hall–Kier alpha value is -0.300. The van der Waals surface area contributed by atoms with Gasteiger partial charge < -0.3 is 5.11 Å². The van der Waals surface area contributed by atoms with Crippen LogP contribution in [0.4, 0.5) is 0 Å². The molecule has 0 fully saturated rings. The Kier molecular flexibility index (Phi) is 22.8. The van der Waals surface area contributed by atoms with Crippen molar-refractivity contribution >= 4 is 0 Å². The van der Waals surface area contributed by atoms with Gasteiger partial charge in [-0.25, -0.2) is 0 Å². The molecular weight excluding hydrogens is 196 g/mol. The van der Waals surface area contributed by atoms with Crippen LogP contribution in [0.1, 0.15) is 77.6 Å². The van der Waals surface area contributed by atoms with Gasteiger partial charge in [0.1, 0.15) is 0 Å². The average Bonchev–Trinajstić information content (AvgIpc) is 2.34. The fourth-order valence-corrected chi connectivity index (χ4v) is 1.78. The molecule has 0 unspecified atom stereocenters. The fraction of sp³-hybridized carbons (Fsp3) is 0.867. The summed E-state index contributed by atoms with van der Waals surface area (Å²) in [6.45, 7) is 8.64. The monoisotopic (exact) mass is 228 g/mol. The molecule has 0 atom stereocenters. The van der Waals surface area contributed by atoms with Gasteiger partial charge in [-0.2, -0.15) is 0 Å². The molecule has 0 aromatic rings. The lowest BCUT2D eigenvalue weighted by atomic mass is 10.1. The summed E-state index contributed by atoms with van der Waals surface area (Å²) in [7, 11) is 0. The maximum absolute atomic E-state index is 8.59.